The molecule has 2 nitrogen and oxygen atoms in total. The standard InChI is InChI=1S/C15H11BrINO/c16-12(10-4-3-5-11(17)8-10)9-15-18-13-6-1-2-7-14(13)19-15/h1-8,12H,9H2. The molecule has 0 spiro atoms. The lowest BCUT2D eigenvalue weighted by Gasteiger charge is -2.07. The van der Waals surface area contributed by atoms with E-state index in [0.29, 0.717) is 0 Å². The van der Waals surface area contributed by atoms with Crippen LogP contribution in [0.4, 0.5) is 0 Å². The predicted octanol–water partition coefficient (Wildman–Crippen LogP) is 5.11. The van der Waals surface area contributed by atoms with Gasteiger partial charge in [-0.1, -0.05) is 40.2 Å². The molecule has 0 bridgehead atoms. The number of hydrogen-bond acceptors (Lipinski definition) is 2. The Bertz CT molecular complexity index is 677. The van der Waals surface area contributed by atoms with Crippen molar-refractivity contribution in [2.24, 2.45) is 0 Å². The Balaban J connectivity index is 1.84. The van der Waals surface area contributed by atoms with Crippen LogP contribution in [0.1, 0.15) is 16.3 Å². The number of fused-ring (bicyclic) bond motifs is 1. The number of halogens is 2. The second-order valence-corrected chi connectivity index (χ2v) is 6.65. The maximum atomic E-state index is 5.75. The number of para-hydroxylation sites is 2. The molecule has 3 rings (SSSR count). The van der Waals surface area contributed by atoms with Crippen LogP contribution in [-0.4, -0.2) is 4.98 Å². The molecule has 96 valence electrons. The van der Waals surface area contributed by atoms with Crippen LogP contribution in [0.25, 0.3) is 11.1 Å². The quantitative estimate of drug-likeness (QED) is 0.428. The first-order chi connectivity index (χ1) is 9.22. The molecule has 1 heterocycles. The van der Waals surface area contributed by atoms with Gasteiger partial charge >= 0.3 is 0 Å². The third kappa shape index (κ3) is 3.00. The van der Waals surface area contributed by atoms with E-state index in [4.69, 9.17) is 4.42 Å². The van der Waals surface area contributed by atoms with Gasteiger partial charge in [0.15, 0.2) is 11.5 Å². The van der Waals surface area contributed by atoms with Crippen molar-refractivity contribution in [1.82, 2.24) is 4.98 Å². The topological polar surface area (TPSA) is 26.0 Å². The summed E-state index contributed by atoms with van der Waals surface area (Å²) in [5.74, 6) is 0.766. The van der Waals surface area contributed by atoms with E-state index >= 15 is 0 Å². The van der Waals surface area contributed by atoms with Crippen LogP contribution >= 0.6 is 38.5 Å². The Labute approximate surface area is 133 Å². The second kappa shape index (κ2) is 5.63. The molecule has 1 atom stereocenters. The van der Waals surface area contributed by atoms with Gasteiger partial charge in [-0.2, -0.15) is 0 Å². The highest BCUT2D eigenvalue weighted by Crippen LogP contribution is 2.28. The van der Waals surface area contributed by atoms with Crippen LogP contribution in [0.3, 0.4) is 0 Å². The van der Waals surface area contributed by atoms with Crippen LogP contribution in [0.2, 0.25) is 0 Å². The van der Waals surface area contributed by atoms with Gasteiger partial charge < -0.3 is 4.42 Å². The third-order valence-corrected chi connectivity index (χ3v) is 4.43. The summed E-state index contributed by atoms with van der Waals surface area (Å²) in [6.07, 6.45) is 0.745. The molecular weight excluding hydrogens is 417 g/mol. The monoisotopic (exact) mass is 427 g/mol. The van der Waals surface area contributed by atoms with Gasteiger partial charge in [0.05, 0.1) is 0 Å². The fourth-order valence-corrected chi connectivity index (χ4v) is 3.11. The molecule has 0 N–H and O–H groups in total. The highest BCUT2D eigenvalue weighted by molar-refractivity contribution is 14.1. The molecule has 0 aliphatic heterocycles. The average Bonchev–Trinajstić information content (AvgIpc) is 2.80. The van der Waals surface area contributed by atoms with Crippen molar-refractivity contribution in [2.45, 2.75) is 11.2 Å². The minimum absolute atomic E-state index is 0.218. The lowest BCUT2D eigenvalue weighted by molar-refractivity contribution is 0.527. The molecule has 19 heavy (non-hydrogen) atoms. The molecular formula is C15H11BrINO. The first-order valence-corrected chi connectivity index (χ1v) is 7.96. The van der Waals surface area contributed by atoms with E-state index in [2.05, 4.69) is 67.8 Å². The van der Waals surface area contributed by atoms with Crippen molar-refractivity contribution >= 4 is 49.6 Å². The largest absolute Gasteiger partial charge is 0.441 e. The van der Waals surface area contributed by atoms with E-state index in [0.717, 1.165) is 23.4 Å². The smallest absolute Gasteiger partial charge is 0.196 e. The molecule has 0 fully saturated rings. The summed E-state index contributed by atoms with van der Waals surface area (Å²) in [5.41, 5.74) is 3.01. The second-order valence-electron chi connectivity index (χ2n) is 4.30. The van der Waals surface area contributed by atoms with E-state index in [1.807, 2.05) is 24.3 Å². The van der Waals surface area contributed by atoms with Crippen LogP contribution in [0.5, 0.6) is 0 Å². The van der Waals surface area contributed by atoms with Crippen molar-refractivity contribution in [1.29, 1.82) is 0 Å². The predicted molar refractivity (Wildman–Crippen MR) is 88.5 cm³/mol. The molecule has 0 radical (unpaired) electrons. The molecule has 1 unspecified atom stereocenters. The molecule has 2 aromatic carbocycles. The molecule has 1 aromatic heterocycles. The fraction of sp³-hybridized carbons (Fsp3) is 0.133. The first-order valence-electron chi connectivity index (χ1n) is 5.96. The van der Waals surface area contributed by atoms with Crippen LogP contribution < -0.4 is 0 Å². The van der Waals surface area contributed by atoms with Gasteiger partial charge in [-0.05, 0) is 52.4 Å². The number of nitrogens with zero attached hydrogens (tertiary/aromatic N) is 1. The molecule has 0 aliphatic rings. The van der Waals surface area contributed by atoms with E-state index < -0.39 is 0 Å². The van der Waals surface area contributed by atoms with Gasteiger partial charge in [-0.3, -0.25) is 0 Å². The summed E-state index contributed by atoms with van der Waals surface area (Å²) >= 11 is 6.03. The van der Waals surface area contributed by atoms with Crippen molar-refractivity contribution in [3.63, 3.8) is 0 Å². The highest BCUT2D eigenvalue weighted by Gasteiger charge is 2.13. The molecule has 0 saturated carbocycles. The van der Waals surface area contributed by atoms with Crippen molar-refractivity contribution in [2.75, 3.05) is 0 Å². The van der Waals surface area contributed by atoms with Gasteiger partial charge in [0.1, 0.15) is 5.52 Å². The molecule has 4 heteroatoms. The molecule has 0 amide bonds. The minimum Gasteiger partial charge on any atom is -0.441 e. The molecule has 3 aromatic rings. The zero-order valence-electron chi connectivity index (χ0n) is 10.0. The summed E-state index contributed by atoms with van der Waals surface area (Å²) in [6, 6.07) is 16.3. The highest BCUT2D eigenvalue weighted by atomic mass is 127. The van der Waals surface area contributed by atoms with E-state index in [9.17, 15) is 0 Å². The number of oxazole rings is 1. The van der Waals surface area contributed by atoms with Crippen molar-refractivity contribution in [3.8, 4) is 0 Å². The Morgan fingerprint density at radius 2 is 2.00 bits per heavy atom. The summed E-state index contributed by atoms with van der Waals surface area (Å²) in [4.78, 5) is 4.72. The summed E-state index contributed by atoms with van der Waals surface area (Å²) in [6.45, 7) is 0. The maximum Gasteiger partial charge on any atom is 0.196 e. The first kappa shape index (κ1) is 13.1. The van der Waals surface area contributed by atoms with Crippen LogP contribution in [0.15, 0.2) is 52.9 Å². The third-order valence-electron chi connectivity index (χ3n) is 2.90. The zero-order chi connectivity index (χ0) is 13.2. The van der Waals surface area contributed by atoms with Gasteiger partial charge in [-0.15, -0.1) is 0 Å². The Hall–Kier alpha value is -0.880. The Morgan fingerprint density at radius 3 is 2.79 bits per heavy atom. The van der Waals surface area contributed by atoms with Crippen LogP contribution in [-0.2, 0) is 6.42 Å². The number of hydrogen-bond donors (Lipinski definition) is 0. The lowest BCUT2D eigenvalue weighted by atomic mass is 10.1. The average molecular weight is 428 g/mol. The van der Waals surface area contributed by atoms with Gasteiger partial charge in [0.2, 0.25) is 0 Å². The SMILES string of the molecule is BrC(Cc1nc2ccccc2o1)c1cccc(I)c1. The fourth-order valence-electron chi connectivity index (χ4n) is 1.98. The molecule has 0 saturated heterocycles. The van der Waals surface area contributed by atoms with Crippen molar-refractivity contribution in [3.05, 3.63) is 63.6 Å². The molecule has 0 aliphatic carbocycles. The maximum absolute atomic E-state index is 5.75. The van der Waals surface area contributed by atoms with Gasteiger partial charge in [-0.25, -0.2) is 4.98 Å². The number of benzene rings is 2. The number of aromatic nitrogens is 1. The number of rotatable bonds is 3. The summed E-state index contributed by atoms with van der Waals surface area (Å²) in [5, 5.41) is 0. The summed E-state index contributed by atoms with van der Waals surface area (Å²) in [7, 11) is 0. The number of alkyl halides is 1. The van der Waals surface area contributed by atoms with Gasteiger partial charge in [0.25, 0.3) is 0 Å². The Kier molecular flexibility index (Phi) is 3.88. The Morgan fingerprint density at radius 1 is 1.16 bits per heavy atom. The zero-order valence-corrected chi connectivity index (χ0v) is 13.8. The van der Waals surface area contributed by atoms with E-state index in [1.54, 1.807) is 0 Å². The lowest BCUT2D eigenvalue weighted by Crippen LogP contribution is -1.95. The van der Waals surface area contributed by atoms with Gasteiger partial charge in [0, 0.05) is 14.8 Å². The summed E-state index contributed by atoms with van der Waals surface area (Å²) < 4.78 is 6.98. The van der Waals surface area contributed by atoms with E-state index in [-0.39, 0.29) is 4.83 Å². The van der Waals surface area contributed by atoms with Crippen LogP contribution in [0, 0.1) is 3.57 Å². The minimum atomic E-state index is 0.218. The van der Waals surface area contributed by atoms with E-state index in [1.165, 1.54) is 9.13 Å². The van der Waals surface area contributed by atoms with Crippen molar-refractivity contribution < 1.29 is 4.42 Å². The normalized spacial score (nSPS) is 12.7.